The number of carbonyl (C=O) groups excluding carboxylic acids is 1. The summed E-state index contributed by atoms with van der Waals surface area (Å²) < 4.78 is 5.40. The molecule has 0 aromatic carbocycles. The lowest BCUT2D eigenvalue weighted by atomic mass is 10.1. The maximum atomic E-state index is 11.9. The molecule has 0 saturated carbocycles. The van der Waals surface area contributed by atoms with E-state index in [1.54, 1.807) is 0 Å². The Labute approximate surface area is 117 Å². The zero-order valence-corrected chi connectivity index (χ0v) is 12.8. The molecule has 1 saturated heterocycles. The summed E-state index contributed by atoms with van der Waals surface area (Å²) in [5.74, 6) is 0.551. The van der Waals surface area contributed by atoms with E-state index in [0.29, 0.717) is 5.92 Å². The van der Waals surface area contributed by atoms with Crippen LogP contribution in [-0.2, 0) is 4.74 Å². The molecule has 112 valence electrons. The number of likely N-dealkylation sites (tertiary alicyclic amines) is 1. The number of carbonyl (C=O) groups is 1. The molecule has 0 bridgehead atoms. The number of nitrogens with two attached hydrogens (primary N) is 1. The zero-order valence-electron chi connectivity index (χ0n) is 12.8. The third kappa shape index (κ3) is 6.25. The summed E-state index contributed by atoms with van der Waals surface area (Å²) in [5, 5.41) is 0. The van der Waals surface area contributed by atoms with Crippen molar-refractivity contribution in [1.29, 1.82) is 0 Å². The highest BCUT2D eigenvalue weighted by atomic mass is 16.6. The van der Waals surface area contributed by atoms with Crippen molar-refractivity contribution < 1.29 is 9.53 Å². The van der Waals surface area contributed by atoms with Crippen molar-refractivity contribution in [1.82, 2.24) is 9.80 Å². The van der Waals surface area contributed by atoms with E-state index in [1.165, 1.54) is 0 Å². The smallest absolute Gasteiger partial charge is 0.410 e. The normalized spacial score (nSPS) is 20.1. The molecule has 5 heteroatoms. The second-order valence-corrected chi connectivity index (χ2v) is 6.49. The first-order chi connectivity index (χ1) is 8.81. The molecule has 1 heterocycles. The lowest BCUT2D eigenvalue weighted by Gasteiger charge is -2.25. The molecule has 1 rings (SSSR count). The monoisotopic (exact) mass is 271 g/mol. The largest absolute Gasteiger partial charge is 0.444 e. The third-order valence-electron chi connectivity index (χ3n) is 3.25. The summed E-state index contributed by atoms with van der Waals surface area (Å²) >= 11 is 0. The van der Waals surface area contributed by atoms with E-state index in [0.717, 1.165) is 45.6 Å². The molecule has 1 atom stereocenters. The van der Waals surface area contributed by atoms with Crippen LogP contribution in [0.2, 0.25) is 0 Å². The number of ether oxygens (including phenoxy) is 1. The van der Waals surface area contributed by atoms with Crippen molar-refractivity contribution in [2.24, 2.45) is 11.7 Å². The molecule has 1 aliphatic rings. The highest BCUT2D eigenvalue weighted by Crippen LogP contribution is 2.20. The van der Waals surface area contributed by atoms with Crippen molar-refractivity contribution in [3.8, 4) is 0 Å². The van der Waals surface area contributed by atoms with E-state index < -0.39 is 5.60 Å². The van der Waals surface area contributed by atoms with Crippen LogP contribution in [0.25, 0.3) is 0 Å². The minimum atomic E-state index is -0.410. The fourth-order valence-corrected chi connectivity index (χ4v) is 2.37. The molecule has 19 heavy (non-hydrogen) atoms. The van der Waals surface area contributed by atoms with E-state index in [2.05, 4.69) is 11.9 Å². The number of hydrogen-bond donors (Lipinski definition) is 1. The van der Waals surface area contributed by atoms with Crippen molar-refractivity contribution in [3.63, 3.8) is 0 Å². The topological polar surface area (TPSA) is 58.8 Å². The molecule has 2 N–H and O–H groups in total. The molecular weight excluding hydrogens is 242 g/mol. The lowest BCUT2D eigenvalue weighted by Crippen LogP contribution is -2.36. The highest BCUT2D eigenvalue weighted by molar-refractivity contribution is 5.68. The summed E-state index contributed by atoms with van der Waals surface area (Å²) in [6, 6.07) is 0. The van der Waals surface area contributed by atoms with Gasteiger partial charge in [-0.2, -0.15) is 0 Å². The van der Waals surface area contributed by atoms with Gasteiger partial charge < -0.3 is 20.3 Å². The van der Waals surface area contributed by atoms with Crippen molar-refractivity contribution in [3.05, 3.63) is 0 Å². The maximum absolute atomic E-state index is 11.9. The minimum absolute atomic E-state index is 0.181. The molecule has 0 radical (unpaired) electrons. The Balaban J connectivity index is 2.31. The second-order valence-electron chi connectivity index (χ2n) is 6.49. The summed E-state index contributed by atoms with van der Waals surface area (Å²) in [5.41, 5.74) is 5.10. The molecule has 0 aromatic heterocycles. The number of hydrogen-bond acceptors (Lipinski definition) is 4. The molecular formula is C14H29N3O2. The highest BCUT2D eigenvalue weighted by Gasteiger charge is 2.30. The SMILES string of the molecule is CN(CCCN)CC1CCN(C(=O)OC(C)(C)C)C1. The van der Waals surface area contributed by atoms with E-state index in [1.807, 2.05) is 25.7 Å². The van der Waals surface area contributed by atoms with Crippen LogP contribution in [0, 0.1) is 5.92 Å². The van der Waals surface area contributed by atoms with Gasteiger partial charge in [0.25, 0.3) is 0 Å². The molecule has 5 nitrogen and oxygen atoms in total. The maximum Gasteiger partial charge on any atom is 0.410 e. The van der Waals surface area contributed by atoms with Crippen LogP contribution in [0.5, 0.6) is 0 Å². The van der Waals surface area contributed by atoms with Gasteiger partial charge in [0.2, 0.25) is 0 Å². The first kappa shape index (κ1) is 16.2. The number of amides is 1. The van der Waals surface area contributed by atoms with Crippen molar-refractivity contribution in [2.75, 3.05) is 39.8 Å². The average molecular weight is 271 g/mol. The molecule has 0 spiro atoms. The van der Waals surface area contributed by atoms with Gasteiger partial charge >= 0.3 is 6.09 Å². The van der Waals surface area contributed by atoms with Gasteiger partial charge in [-0.15, -0.1) is 0 Å². The number of nitrogens with zero attached hydrogens (tertiary/aromatic N) is 2. The third-order valence-corrected chi connectivity index (χ3v) is 3.25. The fraction of sp³-hybridized carbons (Fsp3) is 0.929. The Morgan fingerprint density at radius 2 is 2.16 bits per heavy atom. The van der Waals surface area contributed by atoms with E-state index in [9.17, 15) is 4.79 Å². The summed E-state index contributed by atoms with van der Waals surface area (Å²) in [4.78, 5) is 16.1. The Morgan fingerprint density at radius 3 is 2.74 bits per heavy atom. The average Bonchev–Trinajstić information content (AvgIpc) is 2.72. The molecule has 0 aliphatic carbocycles. The quantitative estimate of drug-likeness (QED) is 0.823. The molecule has 0 aromatic rings. The van der Waals surface area contributed by atoms with Crippen molar-refractivity contribution in [2.45, 2.75) is 39.2 Å². The van der Waals surface area contributed by atoms with E-state index in [4.69, 9.17) is 10.5 Å². The first-order valence-corrected chi connectivity index (χ1v) is 7.18. The van der Waals surface area contributed by atoms with Gasteiger partial charge in [0, 0.05) is 19.6 Å². The van der Waals surface area contributed by atoms with Gasteiger partial charge in [-0.3, -0.25) is 0 Å². The first-order valence-electron chi connectivity index (χ1n) is 7.18. The second kappa shape index (κ2) is 7.10. The standard InChI is InChI=1S/C14H29N3O2/c1-14(2,3)19-13(18)17-9-6-12(11-17)10-16(4)8-5-7-15/h12H,5-11,15H2,1-4H3. The van der Waals surface area contributed by atoms with Gasteiger partial charge in [0.1, 0.15) is 5.60 Å². The molecule has 1 unspecified atom stereocenters. The van der Waals surface area contributed by atoms with Gasteiger partial charge in [-0.1, -0.05) is 0 Å². The number of rotatable bonds is 5. The van der Waals surface area contributed by atoms with Gasteiger partial charge in [-0.25, -0.2) is 4.79 Å². The van der Waals surface area contributed by atoms with E-state index >= 15 is 0 Å². The summed E-state index contributed by atoms with van der Waals surface area (Å²) in [7, 11) is 2.12. The molecule has 1 amide bonds. The van der Waals surface area contributed by atoms with Gasteiger partial charge in [0.15, 0.2) is 0 Å². The Bertz CT molecular complexity index is 289. The van der Waals surface area contributed by atoms with Gasteiger partial charge in [0.05, 0.1) is 0 Å². The van der Waals surface area contributed by atoms with Gasteiger partial charge in [-0.05, 0) is 59.7 Å². The van der Waals surface area contributed by atoms with Crippen molar-refractivity contribution >= 4 is 6.09 Å². The Hall–Kier alpha value is -0.810. The predicted molar refractivity (Wildman–Crippen MR) is 77.1 cm³/mol. The van der Waals surface area contributed by atoms with Crippen LogP contribution in [0.4, 0.5) is 4.79 Å². The van der Waals surface area contributed by atoms with Crippen LogP contribution >= 0.6 is 0 Å². The van der Waals surface area contributed by atoms with Crippen LogP contribution in [0.1, 0.15) is 33.6 Å². The predicted octanol–water partition coefficient (Wildman–Crippen LogP) is 1.52. The zero-order chi connectivity index (χ0) is 14.5. The van der Waals surface area contributed by atoms with Crippen LogP contribution in [0.3, 0.4) is 0 Å². The molecule has 1 fully saturated rings. The summed E-state index contributed by atoms with van der Waals surface area (Å²) in [6.07, 6.45) is 1.91. The van der Waals surface area contributed by atoms with Crippen LogP contribution in [-0.4, -0.2) is 61.3 Å². The minimum Gasteiger partial charge on any atom is -0.444 e. The molecule has 1 aliphatic heterocycles. The Kier molecular flexibility index (Phi) is 6.07. The van der Waals surface area contributed by atoms with E-state index in [-0.39, 0.29) is 6.09 Å². The van der Waals surface area contributed by atoms with Crippen LogP contribution in [0.15, 0.2) is 0 Å². The fourth-order valence-electron chi connectivity index (χ4n) is 2.37. The Morgan fingerprint density at radius 1 is 1.47 bits per heavy atom. The van der Waals surface area contributed by atoms with Crippen LogP contribution < -0.4 is 5.73 Å². The summed E-state index contributed by atoms with van der Waals surface area (Å²) in [6.45, 7) is 10.1. The lowest BCUT2D eigenvalue weighted by molar-refractivity contribution is 0.0286.